The van der Waals surface area contributed by atoms with E-state index in [1.165, 1.54) is 10.9 Å². The Morgan fingerprint density at radius 3 is 2.89 bits per heavy atom. The van der Waals surface area contributed by atoms with E-state index in [1.807, 2.05) is 0 Å². The predicted octanol–water partition coefficient (Wildman–Crippen LogP) is 1.17. The average Bonchev–Trinajstić information content (AvgIpc) is 2.78. The second-order valence-corrected chi connectivity index (χ2v) is 3.92. The Morgan fingerprint density at radius 2 is 2.21 bits per heavy atom. The van der Waals surface area contributed by atoms with Gasteiger partial charge in [0.25, 0.3) is 5.91 Å². The van der Waals surface area contributed by atoms with Crippen LogP contribution in [0.3, 0.4) is 0 Å². The Labute approximate surface area is 108 Å². The van der Waals surface area contributed by atoms with Crippen LogP contribution < -0.4 is 11.1 Å². The molecule has 0 aliphatic rings. The number of carbonyl (C=O) groups is 1. The quantitative estimate of drug-likeness (QED) is 0.872. The number of nitrogens with zero attached hydrogens (tertiary/aromatic N) is 2. The zero-order valence-corrected chi connectivity index (χ0v) is 9.94. The number of nitrogens with one attached hydrogen (secondary N) is 1. The minimum Gasteiger partial charge on any atom is -0.396 e. The molecule has 1 amide bonds. The summed E-state index contributed by atoms with van der Waals surface area (Å²) in [4.78, 5) is 11.6. The second-order valence-electron chi connectivity index (χ2n) is 3.92. The van der Waals surface area contributed by atoms with E-state index in [9.17, 15) is 13.6 Å². The molecule has 5 nitrogen and oxygen atoms in total. The molecule has 0 aliphatic heterocycles. The van der Waals surface area contributed by atoms with Gasteiger partial charge < -0.3 is 11.1 Å². The van der Waals surface area contributed by atoms with Crippen molar-refractivity contribution in [2.45, 2.75) is 6.54 Å². The number of aromatic nitrogens is 2. The lowest BCUT2D eigenvalue weighted by molar-refractivity contribution is 0.0947. The smallest absolute Gasteiger partial charge is 0.254 e. The fourth-order valence-electron chi connectivity index (χ4n) is 1.55. The largest absolute Gasteiger partial charge is 0.396 e. The molecule has 100 valence electrons. The summed E-state index contributed by atoms with van der Waals surface area (Å²) >= 11 is 0. The number of anilines is 1. The van der Waals surface area contributed by atoms with Crippen molar-refractivity contribution in [3.8, 4) is 0 Å². The fourth-order valence-corrected chi connectivity index (χ4v) is 1.55. The molecule has 19 heavy (non-hydrogen) atoms. The Hall–Kier alpha value is -2.44. The standard InChI is InChI=1S/C12H12F2N4O/c13-8-1-2-11(14)10(5-8)12(19)16-3-4-18-7-9(15)6-17-18/h1-2,5-7H,3-4,15H2,(H,16,19). The maximum Gasteiger partial charge on any atom is 0.254 e. The van der Waals surface area contributed by atoms with Gasteiger partial charge in [0.15, 0.2) is 0 Å². The molecular formula is C12H12F2N4O. The van der Waals surface area contributed by atoms with Gasteiger partial charge in [0.05, 0.1) is 24.0 Å². The van der Waals surface area contributed by atoms with E-state index in [1.54, 1.807) is 6.20 Å². The third-order valence-electron chi connectivity index (χ3n) is 2.45. The van der Waals surface area contributed by atoms with E-state index < -0.39 is 17.5 Å². The maximum absolute atomic E-state index is 13.3. The van der Waals surface area contributed by atoms with Crippen LogP contribution in [-0.4, -0.2) is 22.2 Å². The third-order valence-corrected chi connectivity index (χ3v) is 2.45. The molecule has 0 radical (unpaired) electrons. The summed E-state index contributed by atoms with van der Waals surface area (Å²) in [5.74, 6) is -2.09. The highest BCUT2D eigenvalue weighted by atomic mass is 19.1. The topological polar surface area (TPSA) is 72.9 Å². The van der Waals surface area contributed by atoms with Crippen LogP contribution in [0.15, 0.2) is 30.6 Å². The first-order valence-corrected chi connectivity index (χ1v) is 5.57. The minimum atomic E-state index is -0.762. The summed E-state index contributed by atoms with van der Waals surface area (Å²) in [5.41, 5.74) is 5.67. The zero-order valence-electron chi connectivity index (χ0n) is 9.94. The van der Waals surface area contributed by atoms with Crippen molar-refractivity contribution in [2.75, 3.05) is 12.3 Å². The Morgan fingerprint density at radius 1 is 1.42 bits per heavy atom. The first-order chi connectivity index (χ1) is 9.06. The molecule has 3 N–H and O–H groups in total. The number of halogens is 2. The molecule has 1 heterocycles. The molecule has 0 saturated carbocycles. The number of amides is 1. The third kappa shape index (κ3) is 3.27. The Bertz CT molecular complexity index is 597. The van der Waals surface area contributed by atoms with Crippen molar-refractivity contribution < 1.29 is 13.6 Å². The molecule has 0 unspecified atom stereocenters. The molecule has 2 rings (SSSR count). The van der Waals surface area contributed by atoms with E-state index in [2.05, 4.69) is 10.4 Å². The normalized spacial score (nSPS) is 10.4. The SMILES string of the molecule is Nc1cnn(CCNC(=O)c2cc(F)ccc2F)c1. The molecular weight excluding hydrogens is 254 g/mol. The fraction of sp³-hybridized carbons (Fsp3) is 0.167. The van der Waals surface area contributed by atoms with Gasteiger partial charge in [0.2, 0.25) is 0 Å². The van der Waals surface area contributed by atoms with Crippen LogP contribution in [-0.2, 0) is 6.54 Å². The second kappa shape index (κ2) is 5.47. The number of hydrogen-bond donors (Lipinski definition) is 2. The van der Waals surface area contributed by atoms with Crippen LogP contribution in [0.4, 0.5) is 14.5 Å². The first kappa shape index (κ1) is 13.0. The highest BCUT2D eigenvalue weighted by Crippen LogP contribution is 2.09. The number of carbonyl (C=O) groups excluding carboxylic acids is 1. The average molecular weight is 266 g/mol. The van der Waals surface area contributed by atoms with Gasteiger partial charge in [-0.2, -0.15) is 5.10 Å². The Balaban J connectivity index is 1.92. The van der Waals surface area contributed by atoms with Crippen molar-refractivity contribution in [1.29, 1.82) is 0 Å². The van der Waals surface area contributed by atoms with Crippen molar-refractivity contribution in [3.05, 3.63) is 47.8 Å². The summed E-state index contributed by atoms with van der Waals surface area (Å²) in [7, 11) is 0. The highest BCUT2D eigenvalue weighted by molar-refractivity contribution is 5.94. The van der Waals surface area contributed by atoms with Crippen molar-refractivity contribution in [1.82, 2.24) is 15.1 Å². The van der Waals surface area contributed by atoms with Crippen LogP contribution in [0, 0.1) is 11.6 Å². The molecule has 0 aliphatic carbocycles. The summed E-state index contributed by atoms with van der Waals surface area (Å²) in [5, 5.41) is 6.40. The molecule has 7 heteroatoms. The van der Waals surface area contributed by atoms with Gasteiger partial charge in [0, 0.05) is 12.7 Å². The van der Waals surface area contributed by atoms with Crippen molar-refractivity contribution in [3.63, 3.8) is 0 Å². The zero-order chi connectivity index (χ0) is 13.8. The number of rotatable bonds is 4. The van der Waals surface area contributed by atoms with Crippen LogP contribution in [0.5, 0.6) is 0 Å². The van der Waals surface area contributed by atoms with Gasteiger partial charge in [-0.25, -0.2) is 8.78 Å². The first-order valence-electron chi connectivity index (χ1n) is 5.57. The minimum absolute atomic E-state index is 0.232. The van der Waals surface area contributed by atoms with E-state index in [-0.39, 0.29) is 12.1 Å². The molecule has 1 aromatic heterocycles. The molecule has 1 aromatic carbocycles. The molecule has 2 aromatic rings. The lowest BCUT2D eigenvalue weighted by atomic mass is 10.2. The summed E-state index contributed by atoms with van der Waals surface area (Å²) in [6.07, 6.45) is 3.09. The van der Waals surface area contributed by atoms with Gasteiger partial charge in [-0.1, -0.05) is 0 Å². The predicted molar refractivity (Wildman–Crippen MR) is 65.3 cm³/mol. The number of nitrogen functional groups attached to an aromatic ring is 1. The van der Waals surface area contributed by atoms with Gasteiger partial charge >= 0.3 is 0 Å². The van der Waals surface area contributed by atoms with Gasteiger partial charge in [-0.15, -0.1) is 0 Å². The van der Waals surface area contributed by atoms with E-state index in [4.69, 9.17) is 5.73 Å². The Kier molecular flexibility index (Phi) is 3.74. The van der Waals surface area contributed by atoms with Crippen LogP contribution >= 0.6 is 0 Å². The van der Waals surface area contributed by atoms with Gasteiger partial charge in [0.1, 0.15) is 11.6 Å². The van der Waals surface area contributed by atoms with Crippen LogP contribution in [0.2, 0.25) is 0 Å². The monoisotopic (exact) mass is 266 g/mol. The molecule has 0 spiro atoms. The summed E-state index contributed by atoms with van der Waals surface area (Å²) in [6, 6.07) is 2.73. The van der Waals surface area contributed by atoms with Gasteiger partial charge in [-0.3, -0.25) is 9.48 Å². The van der Waals surface area contributed by atoms with Gasteiger partial charge in [-0.05, 0) is 18.2 Å². The number of nitrogens with two attached hydrogens (primary N) is 1. The van der Waals surface area contributed by atoms with Crippen LogP contribution in [0.25, 0.3) is 0 Å². The van der Waals surface area contributed by atoms with Crippen molar-refractivity contribution in [2.24, 2.45) is 0 Å². The highest BCUT2D eigenvalue weighted by Gasteiger charge is 2.12. The maximum atomic E-state index is 13.3. The number of hydrogen-bond acceptors (Lipinski definition) is 3. The summed E-state index contributed by atoms with van der Waals surface area (Å²) < 4.78 is 27.8. The lowest BCUT2D eigenvalue weighted by Crippen LogP contribution is -2.28. The molecule has 0 atom stereocenters. The number of benzene rings is 1. The molecule has 0 fully saturated rings. The molecule has 0 bridgehead atoms. The lowest BCUT2D eigenvalue weighted by Gasteiger charge is -2.06. The van der Waals surface area contributed by atoms with Crippen molar-refractivity contribution >= 4 is 11.6 Å². The van der Waals surface area contributed by atoms with E-state index >= 15 is 0 Å². The van der Waals surface area contributed by atoms with E-state index in [0.29, 0.717) is 12.2 Å². The van der Waals surface area contributed by atoms with E-state index in [0.717, 1.165) is 18.2 Å². The molecule has 0 saturated heterocycles. The summed E-state index contributed by atoms with van der Waals surface area (Å²) in [6.45, 7) is 0.621. The van der Waals surface area contributed by atoms with Crippen LogP contribution in [0.1, 0.15) is 10.4 Å².